The lowest BCUT2D eigenvalue weighted by Gasteiger charge is -2.26. The summed E-state index contributed by atoms with van der Waals surface area (Å²) in [5.41, 5.74) is 0.902. The molecule has 0 unspecified atom stereocenters. The number of hydrogen-bond donors (Lipinski definition) is 2. The van der Waals surface area contributed by atoms with Gasteiger partial charge >= 0.3 is 5.76 Å². The number of aromatic amines is 1. The quantitative estimate of drug-likeness (QED) is 0.556. The van der Waals surface area contributed by atoms with Crippen molar-refractivity contribution in [1.82, 2.24) is 15.5 Å². The smallest absolute Gasteiger partial charge is 0.439 e. The molecule has 1 saturated heterocycles. The minimum atomic E-state index is -0.778. The Morgan fingerprint density at radius 3 is 2.81 bits per heavy atom. The third-order valence-corrected chi connectivity index (χ3v) is 5.53. The van der Waals surface area contributed by atoms with E-state index in [9.17, 15) is 9.18 Å². The molecule has 1 aromatic heterocycles. The molecule has 0 bridgehead atoms. The number of nitrogens with zero attached hydrogens (tertiary/aromatic N) is 1. The van der Waals surface area contributed by atoms with Crippen LogP contribution in [-0.2, 0) is 4.74 Å². The molecule has 1 fully saturated rings. The molecule has 0 radical (unpaired) electrons. The summed E-state index contributed by atoms with van der Waals surface area (Å²) in [4.78, 5) is 13.6. The Hall–Kier alpha value is -2.10. The highest BCUT2D eigenvalue weighted by Gasteiger charge is 2.28. The first kappa shape index (κ1) is 23.6. The van der Waals surface area contributed by atoms with Gasteiger partial charge in [-0.3, -0.25) is 9.51 Å². The summed E-state index contributed by atoms with van der Waals surface area (Å²) in [6.45, 7) is 2.05. The lowest BCUT2D eigenvalue weighted by Crippen LogP contribution is -2.29. The van der Waals surface area contributed by atoms with Crippen LogP contribution in [0.25, 0.3) is 11.4 Å². The number of benzene rings is 2. The fourth-order valence-electron chi connectivity index (χ4n) is 3.38. The van der Waals surface area contributed by atoms with Gasteiger partial charge in [-0.1, -0.05) is 40.5 Å². The average Bonchev–Trinajstić information content (AvgIpc) is 3.01. The molecular formula is C20H19Cl3FN3O4. The summed E-state index contributed by atoms with van der Waals surface area (Å²) < 4.78 is 30.9. The van der Waals surface area contributed by atoms with E-state index in [2.05, 4.69) is 20.0 Å². The SMILES string of the molecule is Cl.O=c1[nH]c(-c2c(F)cccc2OC[C@@H]2CNCCO[C@H]2c2ccc(Cl)c(Cl)c2)no1. The highest BCUT2D eigenvalue weighted by molar-refractivity contribution is 6.42. The van der Waals surface area contributed by atoms with E-state index in [-0.39, 0.29) is 48.2 Å². The fourth-order valence-corrected chi connectivity index (χ4v) is 3.69. The highest BCUT2D eigenvalue weighted by atomic mass is 35.5. The molecule has 1 aliphatic rings. The number of aromatic nitrogens is 2. The molecule has 31 heavy (non-hydrogen) atoms. The Labute approximate surface area is 193 Å². The monoisotopic (exact) mass is 489 g/mol. The Kier molecular flexibility index (Phi) is 7.96. The Morgan fingerprint density at radius 1 is 1.23 bits per heavy atom. The second-order valence-corrected chi connectivity index (χ2v) is 7.61. The molecule has 0 amide bonds. The Balaban J connectivity index is 0.00000272. The summed E-state index contributed by atoms with van der Waals surface area (Å²) in [6.07, 6.45) is -0.293. The number of H-pyrrole nitrogens is 1. The molecule has 7 nitrogen and oxygen atoms in total. The first-order valence-corrected chi connectivity index (χ1v) is 10.0. The van der Waals surface area contributed by atoms with Crippen molar-refractivity contribution in [2.45, 2.75) is 6.10 Å². The van der Waals surface area contributed by atoms with E-state index in [1.54, 1.807) is 18.2 Å². The van der Waals surface area contributed by atoms with Crippen LogP contribution in [0.2, 0.25) is 10.0 Å². The molecule has 0 saturated carbocycles. The molecular weight excluding hydrogens is 472 g/mol. The van der Waals surface area contributed by atoms with Gasteiger partial charge in [0.05, 0.1) is 34.9 Å². The summed E-state index contributed by atoms with van der Waals surface area (Å²) >= 11 is 12.2. The fraction of sp³-hybridized carbons (Fsp3) is 0.300. The molecule has 1 aliphatic heterocycles. The third-order valence-electron chi connectivity index (χ3n) is 4.79. The van der Waals surface area contributed by atoms with Gasteiger partial charge in [0.25, 0.3) is 0 Å². The largest absolute Gasteiger partial charge is 0.492 e. The normalized spacial score (nSPS) is 18.8. The van der Waals surface area contributed by atoms with Crippen LogP contribution in [0.3, 0.4) is 0 Å². The zero-order valence-corrected chi connectivity index (χ0v) is 18.4. The van der Waals surface area contributed by atoms with Crippen LogP contribution in [0.1, 0.15) is 11.7 Å². The third kappa shape index (κ3) is 5.39. The Morgan fingerprint density at radius 2 is 2.06 bits per heavy atom. The maximum Gasteiger partial charge on any atom is 0.439 e. The summed E-state index contributed by atoms with van der Waals surface area (Å²) in [5, 5.41) is 7.78. The van der Waals surface area contributed by atoms with Gasteiger partial charge in [0.2, 0.25) is 0 Å². The van der Waals surface area contributed by atoms with E-state index in [1.165, 1.54) is 12.1 Å². The summed E-state index contributed by atoms with van der Waals surface area (Å²) in [5.74, 6) is -1.27. The molecule has 4 rings (SSSR count). The standard InChI is InChI=1S/C20H18Cl2FN3O4.ClH/c21-13-5-4-11(8-14(13)22)18-12(9-24-6-7-28-18)10-29-16-3-1-2-15(23)17(16)19-25-20(27)30-26-19;/h1-5,8,12,18,24H,6-7,9-10H2,(H,25,26,27);1H/t12-,18-;/m0./s1. The number of ether oxygens (including phenoxy) is 2. The van der Waals surface area contributed by atoms with Gasteiger partial charge in [-0.2, -0.15) is 0 Å². The number of rotatable bonds is 5. The van der Waals surface area contributed by atoms with Gasteiger partial charge in [-0.15, -0.1) is 12.4 Å². The predicted molar refractivity (Wildman–Crippen MR) is 117 cm³/mol. The van der Waals surface area contributed by atoms with Crippen LogP contribution < -0.4 is 15.8 Å². The van der Waals surface area contributed by atoms with Gasteiger partial charge in [0.15, 0.2) is 5.82 Å². The topological polar surface area (TPSA) is 89.4 Å². The van der Waals surface area contributed by atoms with Crippen LogP contribution in [0.15, 0.2) is 45.7 Å². The zero-order valence-electron chi connectivity index (χ0n) is 16.1. The molecule has 0 spiro atoms. The van der Waals surface area contributed by atoms with Crippen LogP contribution in [-0.4, -0.2) is 36.4 Å². The van der Waals surface area contributed by atoms with Gasteiger partial charge in [-0.25, -0.2) is 9.18 Å². The number of hydrogen-bond acceptors (Lipinski definition) is 6. The van der Waals surface area contributed by atoms with Gasteiger partial charge in [-0.05, 0) is 29.8 Å². The lowest BCUT2D eigenvalue weighted by molar-refractivity contribution is 0.0154. The van der Waals surface area contributed by atoms with Crippen molar-refractivity contribution < 1.29 is 18.4 Å². The molecule has 2 atom stereocenters. The molecule has 0 aliphatic carbocycles. The second kappa shape index (κ2) is 10.5. The predicted octanol–water partition coefficient (Wildman–Crippen LogP) is 4.25. The van der Waals surface area contributed by atoms with Crippen molar-refractivity contribution in [3.63, 3.8) is 0 Å². The van der Waals surface area contributed by atoms with Crippen LogP contribution in [0.4, 0.5) is 4.39 Å². The van der Waals surface area contributed by atoms with Crippen molar-refractivity contribution in [3.8, 4) is 17.1 Å². The second-order valence-electron chi connectivity index (χ2n) is 6.80. The lowest BCUT2D eigenvalue weighted by atomic mass is 9.96. The summed E-state index contributed by atoms with van der Waals surface area (Å²) in [7, 11) is 0. The van der Waals surface area contributed by atoms with Crippen molar-refractivity contribution in [2.75, 3.05) is 26.3 Å². The van der Waals surface area contributed by atoms with Crippen molar-refractivity contribution >= 4 is 35.6 Å². The summed E-state index contributed by atoms with van der Waals surface area (Å²) in [6, 6.07) is 9.75. The van der Waals surface area contributed by atoms with Crippen molar-refractivity contribution in [3.05, 3.63) is 68.4 Å². The zero-order chi connectivity index (χ0) is 21.1. The number of halogens is 4. The maximum absolute atomic E-state index is 14.5. The molecule has 2 aromatic carbocycles. The van der Waals surface area contributed by atoms with E-state index in [4.69, 9.17) is 32.7 Å². The van der Waals surface area contributed by atoms with Gasteiger partial charge in [0.1, 0.15) is 11.6 Å². The molecule has 166 valence electrons. The van der Waals surface area contributed by atoms with Crippen molar-refractivity contribution in [2.24, 2.45) is 5.92 Å². The van der Waals surface area contributed by atoms with E-state index in [0.29, 0.717) is 29.7 Å². The molecule has 3 aromatic rings. The molecule has 11 heteroatoms. The Bertz CT molecular complexity index is 1090. The first-order chi connectivity index (χ1) is 14.5. The number of nitrogens with one attached hydrogen (secondary N) is 2. The minimum absolute atomic E-state index is 0. The van der Waals surface area contributed by atoms with E-state index in [1.807, 2.05) is 6.07 Å². The van der Waals surface area contributed by atoms with Crippen LogP contribution in [0, 0.1) is 11.7 Å². The average molecular weight is 491 g/mol. The highest BCUT2D eigenvalue weighted by Crippen LogP contribution is 2.34. The van der Waals surface area contributed by atoms with Gasteiger partial charge in [0, 0.05) is 19.0 Å². The van der Waals surface area contributed by atoms with Gasteiger partial charge < -0.3 is 14.8 Å². The minimum Gasteiger partial charge on any atom is -0.492 e. The van der Waals surface area contributed by atoms with E-state index in [0.717, 1.165) is 5.56 Å². The van der Waals surface area contributed by atoms with Crippen LogP contribution in [0.5, 0.6) is 5.75 Å². The molecule has 2 heterocycles. The van der Waals surface area contributed by atoms with Crippen LogP contribution >= 0.6 is 35.6 Å². The van der Waals surface area contributed by atoms with E-state index < -0.39 is 11.6 Å². The van der Waals surface area contributed by atoms with Crippen molar-refractivity contribution in [1.29, 1.82) is 0 Å². The maximum atomic E-state index is 14.5. The molecule has 2 N–H and O–H groups in total. The van der Waals surface area contributed by atoms with E-state index >= 15 is 0 Å². The first-order valence-electron chi connectivity index (χ1n) is 9.28.